The predicted molar refractivity (Wildman–Crippen MR) is 67.3 cm³/mol. The molecule has 0 amide bonds. The van der Waals surface area contributed by atoms with E-state index in [1.807, 2.05) is 13.8 Å². The standard InChI is InChI=1S/C11H22N2O4S/c1-9-5-13(6-10(2)17-9)18(15,16)12-4-3-11(7-12)8-14/h9-11,14H,3-8H2,1-2H3. The number of hydrogen-bond acceptors (Lipinski definition) is 4. The van der Waals surface area contributed by atoms with Gasteiger partial charge in [-0.25, -0.2) is 0 Å². The lowest BCUT2D eigenvalue weighted by Crippen LogP contribution is -2.52. The second-order valence-corrected chi connectivity index (χ2v) is 7.21. The molecule has 18 heavy (non-hydrogen) atoms. The first-order chi connectivity index (χ1) is 8.43. The second kappa shape index (κ2) is 5.42. The van der Waals surface area contributed by atoms with Gasteiger partial charge in [0.1, 0.15) is 0 Å². The van der Waals surface area contributed by atoms with E-state index in [1.54, 1.807) is 0 Å². The number of aliphatic hydroxyl groups excluding tert-OH is 1. The van der Waals surface area contributed by atoms with Gasteiger partial charge in [-0.1, -0.05) is 0 Å². The zero-order valence-corrected chi connectivity index (χ0v) is 11.8. The first kappa shape index (κ1) is 14.2. The van der Waals surface area contributed by atoms with Gasteiger partial charge in [0.15, 0.2) is 0 Å². The fourth-order valence-electron chi connectivity index (χ4n) is 2.64. The molecular formula is C11H22N2O4S. The minimum Gasteiger partial charge on any atom is -0.396 e. The molecule has 0 aromatic heterocycles. The second-order valence-electron chi connectivity index (χ2n) is 5.28. The molecule has 2 aliphatic heterocycles. The Morgan fingerprint density at radius 3 is 2.28 bits per heavy atom. The van der Waals surface area contributed by atoms with Crippen LogP contribution in [0.1, 0.15) is 20.3 Å². The van der Waals surface area contributed by atoms with Crippen LogP contribution in [0, 0.1) is 5.92 Å². The van der Waals surface area contributed by atoms with Crippen LogP contribution in [0.15, 0.2) is 0 Å². The highest BCUT2D eigenvalue weighted by Crippen LogP contribution is 2.23. The third-order valence-electron chi connectivity index (χ3n) is 3.55. The summed E-state index contributed by atoms with van der Waals surface area (Å²) in [4.78, 5) is 0. The van der Waals surface area contributed by atoms with Gasteiger partial charge in [0, 0.05) is 32.8 Å². The highest BCUT2D eigenvalue weighted by Gasteiger charge is 2.38. The summed E-state index contributed by atoms with van der Waals surface area (Å²) in [6, 6.07) is 0. The summed E-state index contributed by atoms with van der Waals surface area (Å²) in [6.07, 6.45) is 0.602. The van der Waals surface area contributed by atoms with E-state index in [0.717, 1.165) is 6.42 Å². The summed E-state index contributed by atoms with van der Waals surface area (Å²) in [7, 11) is -3.40. The number of hydrogen-bond donors (Lipinski definition) is 1. The van der Waals surface area contributed by atoms with Crippen molar-refractivity contribution in [2.24, 2.45) is 5.92 Å². The fourth-order valence-corrected chi connectivity index (χ4v) is 4.50. The lowest BCUT2D eigenvalue weighted by Gasteiger charge is -2.36. The molecule has 2 rings (SSSR count). The quantitative estimate of drug-likeness (QED) is 0.766. The Labute approximate surface area is 109 Å². The van der Waals surface area contributed by atoms with Gasteiger partial charge >= 0.3 is 0 Å². The van der Waals surface area contributed by atoms with Crippen LogP contribution in [0.4, 0.5) is 0 Å². The van der Waals surface area contributed by atoms with E-state index in [1.165, 1.54) is 8.61 Å². The maximum absolute atomic E-state index is 12.5. The van der Waals surface area contributed by atoms with Gasteiger partial charge in [-0.15, -0.1) is 0 Å². The molecule has 1 N–H and O–H groups in total. The average Bonchev–Trinajstić information content (AvgIpc) is 2.76. The molecule has 2 aliphatic rings. The average molecular weight is 278 g/mol. The van der Waals surface area contributed by atoms with Crippen LogP contribution < -0.4 is 0 Å². The maximum Gasteiger partial charge on any atom is 0.282 e. The summed E-state index contributed by atoms with van der Waals surface area (Å²) >= 11 is 0. The normalized spacial score (nSPS) is 36.1. The minimum atomic E-state index is -3.40. The Bertz CT molecular complexity index is 377. The molecule has 7 heteroatoms. The lowest BCUT2D eigenvalue weighted by atomic mass is 10.1. The van der Waals surface area contributed by atoms with Crippen molar-refractivity contribution in [3.05, 3.63) is 0 Å². The van der Waals surface area contributed by atoms with Crippen molar-refractivity contribution in [1.29, 1.82) is 0 Å². The summed E-state index contributed by atoms with van der Waals surface area (Å²) < 4.78 is 33.5. The molecular weight excluding hydrogens is 256 g/mol. The SMILES string of the molecule is CC1CN(S(=O)(=O)N2CCC(CO)C2)CC(C)O1. The maximum atomic E-state index is 12.5. The Hall–Kier alpha value is -0.210. The first-order valence-electron chi connectivity index (χ1n) is 6.45. The molecule has 0 spiro atoms. The smallest absolute Gasteiger partial charge is 0.282 e. The molecule has 2 saturated heterocycles. The highest BCUT2D eigenvalue weighted by molar-refractivity contribution is 7.86. The number of ether oxygens (including phenoxy) is 1. The van der Waals surface area contributed by atoms with Crippen LogP contribution in [0.2, 0.25) is 0 Å². The van der Waals surface area contributed by atoms with Gasteiger partial charge in [-0.3, -0.25) is 0 Å². The van der Waals surface area contributed by atoms with Crippen molar-refractivity contribution in [2.45, 2.75) is 32.5 Å². The molecule has 2 heterocycles. The zero-order chi connectivity index (χ0) is 13.3. The van der Waals surface area contributed by atoms with Crippen molar-refractivity contribution in [3.63, 3.8) is 0 Å². The molecule has 0 saturated carbocycles. The molecule has 3 atom stereocenters. The van der Waals surface area contributed by atoms with Crippen LogP contribution >= 0.6 is 0 Å². The van der Waals surface area contributed by atoms with Crippen LogP contribution in [-0.2, 0) is 14.9 Å². The predicted octanol–water partition coefficient (Wildman–Crippen LogP) is -0.345. The third-order valence-corrected chi connectivity index (χ3v) is 5.48. The highest BCUT2D eigenvalue weighted by atomic mass is 32.2. The van der Waals surface area contributed by atoms with Crippen molar-refractivity contribution < 1.29 is 18.3 Å². The molecule has 0 bridgehead atoms. The Kier molecular flexibility index (Phi) is 4.28. The summed E-state index contributed by atoms with van der Waals surface area (Å²) in [6.45, 7) is 5.59. The van der Waals surface area contributed by atoms with E-state index >= 15 is 0 Å². The summed E-state index contributed by atoms with van der Waals surface area (Å²) in [5.74, 6) is 0.0793. The van der Waals surface area contributed by atoms with Crippen LogP contribution in [0.25, 0.3) is 0 Å². The summed E-state index contributed by atoms with van der Waals surface area (Å²) in [5, 5.41) is 9.09. The van der Waals surface area contributed by atoms with E-state index in [9.17, 15) is 8.42 Å². The Morgan fingerprint density at radius 2 is 1.78 bits per heavy atom. The van der Waals surface area contributed by atoms with E-state index in [2.05, 4.69) is 0 Å². The first-order valence-corrected chi connectivity index (χ1v) is 7.84. The molecule has 2 fully saturated rings. The van der Waals surface area contributed by atoms with E-state index in [-0.39, 0.29) is 24.7 Å². The number of aliphatic hydroxyl groups is 1. The Balaban J connectivity index is 2.06. The molecule has 0 aromatic rings. The molecule has 106 valence electrons. The van der Waals surface area contributed by atoms with E-state index < -0.39 is 10.2 Å². The number of morpholine rings is 1. The summed E-state index contributed by atoms with van der Waals surface area (Å²) in [5.41, 5.74) is 0. The van der Waals surface area contributed by atoms with Crippen molar-refractivity contribution >= 4 is 10.2 Å². The Morgan fingerprint density at radius 1 is 1.17 bits per heavy atom. The van der Waals surface area contributed by atoms with Crippen molar-refractivity contribution in [3.8, 4) is 0 Å². The van der Waals surface area contributed by atoms with Gasteiger partial charge in [0.25, 0.3) is 10.2 Å². The molecule has 0 aliphatic carbocycles. The van der Waals surface area contributed by atoms with Gasteiger partial charge < -0.3 is 9.84 Å². The van der Waals surface area contributed by atoms with Crippen LogP contribution in [-0.4, -0.2) is 67.1 Å². The number of rotatable bonds is 3. The molecule has 3 unspecified atom stereocenters. The monoisotopic (exact) mass is 278 g/mol. The zero-order valence-electron chi connectivity index (χ0n) is 10.9. The van der Waals surface area contributed by atoms with Gasteiger partial charge in [-0.05, 0) is 26.2 Å². The van der Waals surface area contributed by atoms with E-state index in [0.29, 0.717) is 26.2 Å². The molecule has 6 nitrogen and oxygen atoms in total. The number of nitrogens with zero attached hydrogens (tertiary/aromatic N) is 2. The largest absolute Gasteiger partial charge is 0.396 e. The fraction of sp³-hybridized carbons (Fsp3) is 1.00. The van der Waals surface area contributed by atoms with Crippen LogP contribution in [0.5, 0.6) is 0 Å². The van der Waals surface area contributed by atoms with Crippen LogP contribution in [0.3, 0.4) is 0 Å². The minimum absolute atomic E-state index is 0.0575. The molecule has 0 aromatic carbocycles. The van der Waals surface area contributed by atoms with Crippen molar-refractivity contribution in [1.82, 2.24) is 8.61 Å². The molecule has 0 radical (unpaired) electrons. The van der Waals surface area contributed by atoms with E-state index in [4.69, 9.17) is 9.84 Å². The van der Waals surface area contributed by atoms with Gasteiger partial charge in [0.05, 0.1) is 12.2 Å². The van der Waals surface area contributed by atoms with Crippen molar-refractivity contribution in [2.75, 3.05) is 32.8 Å². The van der Waals surface area contributed by atoms with Gasteiger partial charge in [-0.2, -0.15) is 17.0 Å². The third kappa shape index (κ3) is 2.85. The lowest BCUT2D eigenvalue weighted by molar-refractivity contribution is -0.0453. The van der Waals surface area contributed by atoms with Gasteiger partial charge in [0.2, 0.25) is 0 Å². The topological polar surface area (TPSA) is 70.1 Å².